The van der Waals surface area contributed by atoms with E-state index in [2.05, 4.69) is 10.3 Å². The van der Waals surface area contributed by atoms with Gasteiger partial charge in [0, 0.05) is 11.5 Å². The number of hydrogen-bond acceptors (Lipinski definition) is 4. The van der Waals surface area contributed by atoms with Gasteiger partial charge in [0.1, 0.15) is 5.76 Å². The third-order valence-corrected chi connectivity index (χ3v) is 2.34. The summed E-state index contributed by atoms with van der Waals surface area (Å²) in [7, 11) is 1.55. The zero-order valence-electron chi connectivity index (χ0n) is 10.0. The topological polar surface area (TPSA) is 96.6 Å². The van der Waals surface area contributed by atoms with E-state index in [9.17, 15) is 0 Å². The van der Waals surface area contributed by atoms with Gasteiger partial charge in [0.2, 0.25) is 5.96 Å². The van der Waals surface area contributed by atoms with Crippen molar-refractivity contribution in [1.29, 1.82) is 5.26 Å². The van der Waals surface area contributed by atoms with Crippen molar-refractivity contribution in [3.8, 4) is 11.9 Å². The predicted molar refractivity (Wildman–Crippen MR) is 67.5 cm³/mol. The fourth-order valence-corrected chi connectivity index (χ4v) is 1.68. The van der Waals surface area contributed by atoms with Crippen LogP contribution in [0, 0.1) is 18.4 Å². The van der Waals surface area contributed by atoms with Crippen LogP contribution in [0.2, 0.25) is 0 Å². The Morgan fingerprint density at radius 2 is 2.28 bits per heavy atom. The van der Waals surface area contributed by atoms with Gasteiger partial charge in [0.25, 0.3) is 0 Å². The number of nitrogens with zero attached hydrogens (tertiary/aromatic N) is 2. The van der Waals surface area contributed by atoms with Crippen LogP contribution < -0.4 is 15.8 Å². The van der Waals surface area contributed by atoms with Crippen LogP contribution in [0.25, 0.3) is 11.0 Å². The third kappa shape index (κ3) is 2.20. The van der Waals surface area contributed by atoms with Crippen molar-refractivity contribution in [2.45, 2.75) is 6.92 Å². The summed E-state index contributed by atoms with van der Waals surface area (Å²) in [6, 6.07) is 5.38. The van der Waals surface area contributed by atoms with Crippen LogP contribution >= 0.6 is 0 Å². The smallest absolute Gasteiger partial charge is 0.207 e. The summed E-state index contributed by atoms with van der Waals surface area (Å²) in [5, 5.41) is 11.6. The molecule has 0 atom stereocenters. The molecule has 1 aromatic carbocycles. The first-order chi connectivity index (χ1) is 8.63. The van der Waals surface area contributed by atoms with Crippen molar-refractivity contribution in [3.63, 3.8) is 0 Å². The minimum Gasteiger partial charge on any atom is -0.493 e. The molecule has 92 valence electrons. The molecule has 2 rings (SSSR count). The lowest BCUT2D eigenvalue weighted by molar-refractivity contribution is 0.409. The van der Waals surface area contributed by atoms with Crippen molar-refractivity contribution in [2.75, 3.05) is 7.11 Å². The predicted octanol–water partition coefficient (Wildman–Crippen LogP) is 1.77. The van der Waals surface area contributed by atoms with Gasteiger partial charge in [-0.2, -0.15) is 5.26 Å². The Bertz CT molecular complexity index is 652. The van der Waals surface area contributed by atoms with Crippen molar-refractivity contribution in [3.05, 3.63) is 24.0 Å². The standard InChI is InChI=1S/C12H12N4O2/c1-7-3-8-4-9(16-12(14)15-6-13)5-10(17-2)11(8)18-7/h3-5H,1-2H3,(H3,14,15,16). The van der Waals surface area contributed by atoms with Crippen LogP contribution in [0.3, 0.4) is 0 Å². The van der Waals surface area contributed by atoms with Crippen molar-refractivity contribution < 1.29 is 9.15 Å². The SMILES string of the molecule is COc1cc(N=C(N)NC#N)cc2cc(C)oc12. The van der Waals surface area contributed by atoms with E-state index in [1.807, 2.05) is 13.0 Å². The number of methoxy groups -OCH3 is 1. The fraction of sp³-hybridized carbons (Fsp3) is 0.167. The molecule has 18 heavy (non-hydrogen) atoms. The van der Waals surface area contributed by atoms with E-state index < -0.39 is 0 Å². The lowest BCUT2D eigenvalue weighted by atomic mass is 10.2. The van der Waals surface area contributed by atoms with Crippen LogP contribution in [0.1, 0.15) is 5.76 Å². The van der Waals surface area contributed by atoms with E-state index in [0.29, 0.717) is 17.0 Å². The maximum atomic E-state index is 8.43. The molecule has 6 heteroatoms. The average Bonchev–Trinajstić information content (AvgIpc) is 2.68. The quantitative estimate of drug-likeness (QED) is 0.363. The van der Waals surface area contributed by atoms with Crippen LogP contribution in [0.4, 0.5) is 5.69 Å². The number of nitriles is 1. The molecule has 0 spiro atoms. The number of guanidine groups is 1. The van der Waals surface area contributed by atoms with Crippen molar-refractivity contribution in [2.24, 2.45) is 10.7 Å². The highest BCUT2D eigenvalue weighted by molar-refractivity contribution is 5.89. The first-order valence-electron chi connectivity index (χ1n) is 5.21. The molecular formula is C12H12N4O2. The average molecular weight is 244 g/mol. The van der Waals surface area contributed by atoms with E-state index in [0.717, 1.165) is 11.1 Å². The molecule has 0 fully saturated rings. The molecule has 0 aliphatic rings. The summed E-state index contributed by atoms with van der Waals surface area (Å²) < 4.78 is 10.8. The highest BCUT2D eigenvalue weighted by Crippen LogP contribution is 2.33. The molecule has 0 aliphatic carbocycles. The summed E-state index contributed by atoms with van der Waals surface area (Å²) in [5.74, 6) is 1.38. The molecule has 0 amide bonds. The maximum absolute atomic E-state index is 8.43. The van der Waals surface area contributed by atoms with Gasteiger partial charge in [-0.1, -0.05) is 0 Å². The molecule has 0 saturated carbocycles. The van der Waals surface area contributed by atoms with Gasteiger partial charge < -0.3 is 14.9 Å². The number of rotatable bonds is 2. The Morgan fingerprint density at radius 1 is 1.50 bits per heavy atom. The number of nitrogens with one attached hydrogen (secondary N) is 1. The fourth-order valence-electron chi connectivity index (χ4n) is 1.68. The highest BCUT2D eigenvalue weighted by Gasteiger charge is 2.09. The van der Waals surface area contributed by atoms with E-state index in [1.165, 1.54) is 0 Å². The molecular weight excluding hydrogens is 232 g/mol. The van der Waals surface area contributed by atoms with Crippen molar-refractivity contribution in [1.82, 2.24) is 5.32 Å². The van der Waals surface area contributed by atoms with E-state index in [1.54, 1.807) is 25.4 Å². The number of hydrogen-bond donors (Lipinski definition) is 2. The lowest BCUT2D eigenvalue weighted by Crippen LogP contribution is -2.26. The highest BCUT2D eigenvalue weighted by atomic mass is 16.5. The molecule has 0 saturated heterocycles. The summed E-state index contributed by atoms with van der Waals surface area (Å²) >= 11 is 0. The second-order valence-corrected chi connectivity index (χ2v) is 3.66. The van der Waals surface area contributed by atoms with Crippen molar-refractivity contribution >= 4 is 22.6 Å². The third-order valence-electron chi connectivity index (χ3n) is 2.34. The van der Waals surface area contributed by atoms with Crippen LogP contribution in [0.5, 0.6) is 5.75 Å². The summed E-state index contributed by atoms with van der Waals surface area (Å²) in [4.78, 5) is 4.06. The molecule has 3 N–H and O–H groups in total. The Labute approximate surface area is 104 Å². The van der Waals surface area contributed by atoms with Crippen LogP contribution in [-0.4, -0.2) is 13.1 Å². The van der Waals surface area contributed by atoms with Gasteiger partial charge in [0.05, 0.1) is 12.8 Å². The van der Waals surface area contributed by atoms with Crippen LogP contribution in [-0.2, 0) is 0 Å². The number of benzene rings is 1. The normalized spacial score (nSPS) is 11.3. The Balaban J connectivity index is 2.53. The minimum atomic E-state index is 0.0270. The van der Waals surface area contributed by atoms with Gasteiger partial charge in [0.15, 0.2) is 17.5 Å². The number of fused-ring (bicyclic) bond motifs is 1. The molecule has 0 aliphatic heterocycles. The number of ether oxygens (including phenoxy) is 1. The van der Waals surface area contributed by atoms with Gasteiger partial charge in [-0.3, -0.25) is 5.32 Å². The van der Waals surface area contributed by atoms with Gasteiger partial charge >= 0.3 is 0 Å². The minimum absolute atomic E-state index is 0.0270. The molecule has 0 bridgehead atoms. The number of aliphatic imine (C=N–C) groups is 1. The van der Waals surface area contributed by atoms with E-state index in [-0.39, 0.29) is 5.96 Å². The second kappa shape index (κ2) is 4.67. The number of furan rings is 1. The monoisotopic (exact) mass is 244 g/mol. The van der Waals surface area contributed by atoms with E-state index >= 15 is 0 Å². The summed E-state index contributed by atoms with van der Waals surface area (Å²) in [6.07, 6.45) is 1.70. The lowest BCUT2D eigenvalue weighted by Gasteiger charge is -2.03. The largest absolute Gasteiger partial charge is 0.493 e. The molecule has 6 nitrogen and oxygen atoms in total. The van der Waals surface area contributed by atoms with E-state index in [4.69, 9.17) is 20.1 Å². The van der Waals surface area contributed by atoms with Gasteiger partial charge in [-0.15, -0.1) is 0 Å². The zero-order valence-corrected chi connectivity index (χ0v) is 10.0. The summed E-state index contributed by atoms with van der Waals surface area (Å²) in [6.45, 7) is 1.86. The molecule has 0 unspecified atom stereocenters. The molecule has 1 heterocycles. The Hall–Kier alpha value is -2.68. The maximum Gasteiger partial charge on any atom is 0.207 e. The number of aryl methyl sites for hydroxylation is 1. The van der Waals surface area contributed by atoms with Crippen LogP contribution in [0.15, 0.2) is 27.6 Å². The van der Waals surface area contributed by atoms with Gasteiger partial charge in [-0.05, 0) is 19.1 Å². The summed E-state index contributed by atoms with van der Waals surface area (Å²) in [5.41, 5.74) is 6.76. The first kappa shape index (κ1) is 11.8. The molecule has 0 radical (unpaired) electrons. The number of nitrogens with two attached hydrogens (primary N) is 1. The van der Waals surface area contributed by atoms with Gasteiger partial charge in [-0.25, -0.2) is 4.99 Å². The second-order valence-electron chi connectivity index (χ2n) is 3.66. The Morgan fingerprint density at radius 3 is 2.94 bits per heavy atom. The Kier molecular flexibility index (Phi) is 3.06. The first-order valence-corrected chi connectivity index (χ1v) is 5.21. The molecule has 1 aromatic heterocycles. The zero-order chi connectivity index (χ0) is 13.1. The molecule has 2 aromatic rings.